The summed E-state index contributed by atoms with van der Waals surface area (Å²) in [5.74, 6) is 0.0437. The van der Waals surface area contributed by atoms with E-state index in [1.165, 1.54) is 6.33 Å². The lowest BCUT2D eigenvalue weighted by atomic mass is 10.0. The lowest BCUT2D eigenvalue weighted by Gasteiger charge is -2.35. The Morgan fingerprint density at radius 2 is 2.15 bits per heavy atom. The molecule has 1 aliphatic heterocycles. The van der Waals surface area contributed by atoms with E-state index in [4.69, 9.17) is 4.74 Å². The number of aromatic amines is 2. The van der Waals surface area contributed by atoms with E-state index >= 15 is 0 Å². The minimum absolute atomic E-state index is 0.0437. The molecule has 0 saturated carbocycles. The van der Waals surface area contributed by atoms with Gasteiger partial charge in [-0.2, -0.15) is 4.98 Å². The van der Waals surface area contributed by atoms with Crippen LogP contribution in [-0.2, 0) is 4.74 Å². The number of aliphatic hydroxyl groups is 3. The van der Waals surface area contributed by atoms with Crippen LogP contribution in [0.2, 0.25) is 0 Å². The fourth-order valence-corrected chi connectivity index (χ4v) is 1.98. The number of fused-ring (bicyclic) bond motifs is 1. The van der Waals surface area contributed by atoms with Gasteiger partial charge in [0.2, 0.25) is 5.95 Å². The van der Waals surface area contributed by atoms with Crippen LogP contribution in [0.1, 0.15) is 0 Å². The molecule has 1 fully saturated rings. The third kappa shape index (κ3) is 2.14. The second-order valence-corrected chi connectivity index (χ2v) is 4.46. The Kier molecular flexibility index (Phi) is 3.14. The molecular formula is C10H13N5O5. The van der Waals surface area contributed by atoms with Gasteiger partial charge in [0.1, 0.15) is 18.3 Å². The largest absolute Gasteiger partial charge is 0.388 e. The Morgan fingerprint density at radius 3 is 2.95 bits per heavy atom. The van der Waals surface area contributed by atoms with Crippen LogP contribution in [0, 0.1) is 0 Å². The number of aromatic nitrogens is 4. The number of hydrogen-bond acceptors (Lipinski definition) is 8. The molecule has 1 aliphatic rings. The summed E-state index contributed by atoms with van der Waals surface area (Å²) in [5, 5.41) is 31.3. The summed E-state index contributed by atoms with van der Waals surface area (Å²) in [7, 11) is 0. The normalized spacial score (nSPS) is 30.6. The molecule has 0 unspecified atom stereocenters. The minimum Gasteiger partial charge on any atom is -0.388 e. The van der Waals surface area contributed by atoms with Gasteiger partial charge in [-0.25, -0.2) is 4.98 Å². The number of anilines is 1. The van der Waals surface area contributed by atoms with Crippen molar-refractivity contribution in [3.05, 3.63) is 16.7 Å². The topological polar surface area (TPSA) is 156 Å². The standard InChI is InChI=1S/C10H13N5O5/c16-3-1-20-9(6(18)5(3)17)15-10-13-7-4(8(19)14-10)11-2-12-7/h2-3,5-6,9,16-18H,1H2,(H3,11,12,13,14,15,19)/t3-,5-,6-,9-/m0/s1. The monoisotopic (exact) mass is 283 g/mol. The SMILES string of the molecule is O=c1[nH]c(N[C@H]2OC[C@H](O)[C@H](O)[C@@H]2O)nc2nc[nH]c12. The maximum absolute atomic E-state index is 11.7. The summed E-state index contributed by atoms with van der Waals surface area (Å²) in [6, 6.07) is 0. The third-order valence-electron chi connectivity index (χ3n) is 3.08. The zero-order chi connectivity index (χ0) is 14.3. The van der Waals surface area contributed by atoms with Crippen molar-refractivity contribution in [3.8, 4) is 0 Å². The number of H-pyrrole nitrogens is 2. The molecule has 2 aromatic heterocycles. The van der Waals surface area contributed by atoms with Crippen LogP contribution >= 0.6 is 0 Å². The van der Waals surface area contributed by atoms with Gasteiger partial charge >= 0.3 is 0 Å². The summed E-state index contributed by atoms with van der Waals surface area (Å²) in [6.45, 7) is -0.148. The molecule has 10 nitrogen and oxygen atoms in total. The van der Waals surface area contributed by atoms with E-state index in [1.807, 2.05) is 0 Å². The molecule has 1 saturated heterocycles. The molecule has 0 amide bonds. The van der Waals surface area contributed by atoms with Gasteiger partial charge in [-0.05, 0) is 0 Å². The fourth-order valence-electron chi connectivity index (χ4n) is 1.98. The molecule has 3 rings (SSSR count). The number of ether oxygens (including phenoxy) is 1. The predicted octanol–water partition coefficient (Wildman–Crippen LogP) is -2.50. The zero-order valence-electron chi connectivity index (χ0n) is 10.1. The second kappa shape index (κ2) is 4.83. The molecule has 6 N–H and O–H groups in total. The van der Waals surface area contributed by atoms with Crippen LogP contribution in [-0.4, -0.2) is 66.4 Å². The molecule has 108 valence electrons. The highest BCUT2D eigenvalue weighted by molar-refractivity contribution is 5.69. The molecule has 0 aromatic carbocycles. The third-order valence-corrected chi connectivity index (χ3v) is 3.08. The fraction of sp³-hybridized carbons (Fsp3) is 0.500. The average molecular weight is 283 g/mol. The first-order chi connectivity index (χ1) is 9.56. The molecule has 0 bridgehead atoms. The van der Waals surface area contributed by atoms with Crippen molar-refractivity contribution < 1.29 is 20.1 Å². The molecular weight excluding hydrogens is 270 g/mol. The van der Waals surface area contributed by atoms with Crippen molar-refractivity contribution in [1.82, 2.24) is 19.9 Å². The Hall–Kier alpha value is -2.01. The van der Waals surface area contributed by atoms with Gasteiger partial charge in [-0.15, -0.1) is 0 Å². The van der Waals surface area contributed by atoms with Crippen molar-refractivity contribution in [2.24, 2.45) is 0 Å². The van der Waals surface area contributed by atoms with Crippen LogP contribution in [0.15, 0.2) is 11.1 Å². The Bertz CT molecular complexity index is 669. The van der Waals surface area contributed by atoms with Crippen LogP contribution in [0.25, 0.3) is 11.2 Å². The molecule has 0 aliphatic carbocycles. The number of nitrogens with zero attached hydrogens (tertiary/aromatic N) is 2. The van der Waals surface area contributed by atoms with E-state index in [2.05, 4.69) is 25.3 Å². The number of imidazole rings is 1. The molecule has 2 aromatic rings. The Balaban J connectivity index is 1.84. The number of nitrogens with one attached hydrogen (secondary N) is 3. The second-order valence-electron chi connectivity index (χ2n) is 4.46. The highest BCUT2D eigenvalue weighted by Crippen LogP contribution is 2.16. The van der Waals surface area contributed by atoms with Crippen LogP contribution in [0.5, 0.6) is 0 Å². The van der Waals surface area contributed by atoms with Gasteiger partial charge in [-0.3, -0.25) is 9.78 Å². The summed E-state index contributed by atoms with van der Waals surface area (Å²) < 4.78 is 5.15. The molecule has 0 spiro atoms. The van der Waals surface area contributed by atoms with Gasteiger partial charge in [0.25, 0.3) is 5.56 Å². The highest BCUT2D eigenvalue weighted by Gasteiger charge is 2.37. The number of aliphatic hydroxyl groups excluding tert-OH is 3. The quantitative estimate of drug-likeness (QED) is 0.353. The molecule has 20 heavy (non-hydrogen) atoms. The molecule has 3 heterocycles. The van der Waals surface area contributed by atoms with Crippen molar-refractivity contribution >= 4 is 17.1 Å². The van der Waals surface area contributed by atoms with Gasteiger partial charge in [0, 0.05) is 0 Å². The highest BCUT2D eigenvalue weighted by atomic mass is 16.5. The number of hydrogen-bond donors (Lipinski definition) is 6. The van der Waals surface area contributed by atoms with Crippen molar-refractivity contribution in [3.63, 3.8) is 0 Å². The smallest absolute Gasteiger partial charge is 0.278 e. The van der Waals surface area contributed by atoms with Gasteiger partial charge < -0.3 is 30.4 Å². The first kappa shape index (κ1) is 13.0. The molecule has 0 radical (unpaired) electrons. The lowest BCUT2D eigenvalue weighted by Crippen LogP contribution is -2.55. The first-order valence-electron chi connectivity index (χ1n) is 5.92. The summed E-state index contributed by atoms with van der Waals surface area (Å²) in [4.78, 5) is 24.7. The van der Waals surface area contributed by atoms with E-state index in [0.29, 0.717) is 0 Å². The molecule has 10 heteroatoms. The van der Waals surface area contributed by atoms with E-state index in [9.17, 15) is 20.1 Å². The Morgan fingerprint density at radius 1 is 1.35 bits per heavy atom. The average Bonchev–Trinajstić information content (AvgIpc) is 2.88. The van der Waals surface area contributed by atoms with Crippen LogP contribution in [0.3, 0.4) is 0 Å². The van der Waals surface area contributed by atoms with E-state index in [-0.39, 0.29) is 23.7 Å². The Labute approximate surface area is 111 Å². The van der Waals surface area contributed by atoms with E-state index in [0.717, 1.165) is 0 Å². The van der Waals surface area contributed by atoms with Gasteiger partial charge in [0.05, 0.1) is 12.9 Å². The maximum atomic E-state index is 11.7. The summed E-state index contributed by atoms with van der Waals surface area (Å²) in [5.41, 5.74) is 0.0131. The maximum Gasteiger partial charge on any atom is 0.278 e. The van der Waals surface area contributed by atoms with Crippen LogP contribution in [0.4, 0.5) is 5.95 Å². The zero-order valence-corrected chi connectivity index (χ0v) is 10.1. The van der Waals surface area contributed by atoms with E-state index < -0.39 is 30.1 Å². The summed E-state index contributed by atoms with van der Waals surface area (Å²) >= 11 is 0. The first-order valence-corrected chi connectivity index (χ1v) is 5.92. The summed E-state index contributed by atoms with van der Waals surface area (Å²) in [6.07, 6.45) is -3.54. The predicted molar refractivity (Wildman–Crippen MR) is 65.9 cm³/mol. The van der Waals surface area contributed by atoms with Crippen molar-refractivity contribution in [2.75, 3.05) is 11.9 Å². The van der Waals surface area contributed by atoms with Crippen molar-refractivity contribution in [2.45, 2.75) is 24.5 Å². The molecule has 4 atom stereocenters. The lowest BCUT2D eigenvalue weighted by molar-refractivity contribution is -0.178. The minimum atomic E-state index is -1.36. The van der Waals surface area contributed by atoms with Gasteiger partial charge in [0.15, 0.2) is 17.4 Å². The van der Waals surface area contributed by atoms with Gasteiger partial charge in [-0.1, -0.05) is 0 Å². The number of rotatable bonds is 2. The van der Waals surface area contributed by atoms with E-state index in [1.54, 1.807) is 0 Å². The van der Waals surface area contributed by atoms with Crippen LogP contribution < -0.4 is 10.9 Å². The van der Waals surface area contributed by atoms with Crippen molar-refractivity contribution in [1.29, 1.82) is 0 Å².